The van der Waals surface area contributed by atoms with Crippen molar-refractivity contribution in [1.82, 2.24) is 4.90 Å². The number of thioether (sulfide) groups is 1. The van der Waals surface area contributed by atoms with E-state index in [1.54, 1.807) is 18.9 Å². The summed E-state index contributed by atoms with van der Waals surface area (Å²) in [5, 5.41) is 0. The number of carbonyl (C=O) groups is 1. The molecule has 100 valence electrons. The van der Waals surface area contributed by atoms with Crippen molar-refractivity contribution in [1.29, 1.82) is 0 Å². The Kier molecular flexibility index (Phi) is 6.22. The average molecular weight is 267 g/mol. The van der Waals surface area contributed by atoms with E-state index in [2.05, 4.69) is 24.5 Å². The van der Waals surface area contributed by atoms with Gasteiger partial charge in [0.15, 0.2) is 0 Å². The lowest BCUT2D eigenvalue weighted by Crippen LogP contribution is -2.38. The van der Waals surface area contributed by atoms with Crippen LogP contribution in [0.1, 0.15) is 19.4 Å². The molecule has 0 unspecified atom stereocenters. The summed E-state index contributed by atoms with van der Waals surface area (Å²) >= 11 is 1.71. The molecule has 1 amide bonds. The lowest BCUT2D eigenvalue weighted by atomic mass is 10.2. The van der Waals surface area contributed by atoms with Gasteiger partial charge in [0.1, 0.15) is 6.61 Å². The smallest absolute Gasteiger partial charge is 0.249 e. The molecule has 0 radical (unpaired) electrons. The van der Waals surface area contributed by atoms with Crippen LogP contribution < -0.4 is 0 Å². The van der Waals surface area contributed by atoms with Crippen molar-refractivity contribution in [2.24, 2.45) is 0 Å². The van der Waals surface area contributed by atoms with Gasteiger partial charge in [0, 0.05) is 24.6 Å². The van der Waals surface area contributed by atoms with E-state index in [9.17, 15) is 4.79 Å². The zero-order chi connectivity index (χ0) is 13.5. The van der Waals surface area contributed by atoms with E-state index in [0.717, 1.165) is 5.56 Å². The van der Waals surface area contributed by atoms with E-state index in [0.29, 0.717) is 6.54 Å². The Morgan fingerprint density at radius 1 is 1.44 bits per heavy atom. The SMILES string of the molecule is COCC(=O)N(Cc1cccc(SC)c1)C(C)C. The highest BCUT2D eigenvalue weighted by molar-refractivity contribution is 7.98. The predicted molar refractivity (Wildman–Crippen MR) is 75.8 cm³/mol. The van der Waals surface area contributed by atoms with E-state index in [4.69, 9.17) is 4.74 Å². The molecule has 0 aromatic heterocycles. The van der Waals surface area contributed by atoms with E-state index in [1.165, 1.54) is 4.90 Å². The second-order valence-corrected chi connectivity index (χ2v) is 5.28. The molecule has 0 spiro atoms. The molecule has 1 aromatic carbocycles. The van der Waals surface area contributed by atoms with Crippen LogP contribution in [0.25, 0.3) is 0 Å². The molecule has 0 aliphatic rings. The largest absolute Gasteiger partial charge is 0.375 e. The molecule has 3 nitrogen and oxygen atoms in total. The van der Waals surface area contributed by atoms with Gasteiger partial charge in [-0.15, -0.1) is 11.8 Å². The van der Waals surface area contributed by atoms with Crippen LogP contribution in [0.4, 0.5) is 0 Å². The molecule has 1 aromatic rings. The molecule has 0 bridgehead atoms. The van der Waals surface area contributed by atoms with Crippen molar-refractivity contribution in [3.05, 3.63) is 29.8 Å². The van der Waals surface area contributed by atoms with Crippen LogP contribution in [0.2, 0.25) is 0 Å². The highest BCUT2D eigenvalue weighted by atomic mass is 32.2. The third kappa shape index (κ3) is 4.35. The maximum Gasteiger partial charge on any atom is 0.249 e. The summed E-state index contributed by atoms with van der Waals surface area (Å²) < 4.78 is 4.92. The molecular formula is C14H21NO2S. The molecule has 0 aliphatic heterocycles. The van der Waals surface area contributed by atoms with Crippen molar-refractivity contribution in [3.63, 3.8) is 0 Å². The maximum atomic E-state index is 11.9. The first kappa shape index (κ1) is 15.1. The number of amides is 1. The van der Waals surface area contributed by atoms with E-state index < -0.39 is 0 Å². The molecule has 0 fully saturated rings. The Bertz CT molecular complexity index is 393. The fourth-order valence-electron chi connectivity index (χ4n) is 1.73. The van der Waals surface area contributed by atoms with E-state index in [-0.39, 0.29) is 18.6 Å². The minimum atomic E-state index is 0.0297. The van der Waals surface area contributed by atoms with Gasteiger partial charge < -0.3 is 9.64 Å². The fraction of sp³-hybridized carbons (Fsp3) is 0.500. The average Bonchev–Trinajstić information content (AvgIpc) is 2.36. The maximum absolute atomic E-state index is 11.9. The van der Waals surface area contributed by atoms with Gasteiger partial charge in [-0.2, -0.15) is 0 Å². The van der Waals surface area contributed by atoms with Gasteiger partial charge in [-0.3, -0.25) is 4.79 Å². The number of nitrogens with zero attached hydrogens (tertiary/aromatic N) is 1. The van der Waals surface area contributed by atoms with Gasteiger partial charge in [0.05, 0.1) is 0 Å². The summed E-state index contributed by atoms with van der Waals surface area (Å²) in [5.41, 5.74) is 1.15. The molecule has 0 saturated carbocycles. The summed E-state index contributed by atoms with van der Waals surface area (Å²) in [6.07, 6.45) is 2.05. The first-order valence-corrected chi connectivity index (χ1v) is 7.22. The minimum absolute atomic E-state index is 0.0297. The topological polar surface area (TPSA) is 29.5 Å². The Morgan fingerprint density at radius 2 is 2.17 bits per heavy atom. The zero-order valence-corrected chi connectivity index (χ0v) is 12.3. The normalized spacial score (nSPS) is 10.7. The van der Waals surface area contributed by atoms with Gasteiger partial charge in [-0.1, -0.05) is 12.1 Å². The summed E-state index contributed by atoms with van der Waals surface area (Å²) in [7, 11) is 1.55. The Labute approximate surface area is 114 Å². The Balaban J connectivity index is 2.79. The molecule has 4 heteroatoms. The van der Waals surface area contributed by atoms with Crippen molar-refractivity contribution in [2.75, 3.05) is 20.0 Å². The van der Waals surface area contributed by atoms with Gasteiger partial charge >= 0.3 is 0 Å². The molecule has 0 saturated heterocycles. The number of methoxy groups -OCH3 is 1. The van der Waals surface area contributed by atoms with Crippen LogP contribution in [0.3, 0.4) is 0 Å². The highest BCUT2D eigenvalue weighted by Crippen LogP contribution is 2.17. The Hall–Kier alpha value is -1.00. The minimum Gasteiger partial charge on any atom is -0.375 e. The summed E-state index contributed by atoms with van der Waals surface area (Å²) in [5.74, 6) is 0.0297. The second kappa shape index (κ2) is 7.44. The molecule has 0 heterocycles. The molecule has 0 N–H and O–H groups in total. The molecule has 0 aliphatic carbocycles. The molecule has 0 atom stereocenters. The number of rotatable bonds is 6. The Morgan fingerprint density at radius 3 is 2.72 bits per heavy atom. The van der Waals surface area contributed by atoms with Crippen LogP contribution in [-0.2, 0) is 16.1 Å². The highest BCUT2D eigenvalue weighted by Gasteiger charge is 2.16. The van der Waals surface area contributed by atoms with Crippen molar-refractivity contribution in [3.8, 4) is 0 Å². The quantitative estimate of drug-likeness (QED) is 0.742. The van der Waals surface area contributed by atoms with Gasteiger partial charge in [0.25, 0.3) is 0 Å². The van der Waals surface area contributed by atoms with E-state index in [1.807, 2.05) is 24.8 Å². The number of ether oxygens (including phenoxy) is 1. The molecule has 18 heavy (non-hydrogen) atoms. The summed E-state index contributed by atoms with van der Waals surface area (Å²) in [4.78, 5) is 15.0. The number of hydrogen-bond donors (Lipinski definition) is 0. The lowest BCUT2D eigenvalue weighted by Gasteiger charge is -2.26. The van der Waals surface area contributed by atoms with Crippen molar-refractivity contribution in [2.45, 2.75) is 31.3 Å². The lowest BCUT2D eigenvalue weighted by molar-refractivity contribution is -0.137. The first-order valence-electron chi connectivity index (χ1n) is 5.99. The van der Waals surface area contributed by atoms with Crippen molar-refractivity contribution < 1.29 is 9.53 Å². The summed E-state index contributed by atoms with van der Waals surface area (Å²) in [6.45, 7) is 4.81. The van der Waals surface area contributed by atoms with Gasteiger partial charge in [-0.25, -0.2) is 0 Å². The van der Waals surface area contributed by atoms with Crippen LogP contribution in [0.15, 0.2) is 29.2 Å². The predicted octanol–water partition coefficient (Wildman–Crippen LogP) is 2.79. The number of hydrogen-bond acceptors (Lipinski definition) is 3. The van der Waals surface area contributed by atoms with Crippen LogP contribution in [-0.4, -0.2) is 36.8 Å². The zero-order valence-electron chi connectivity index (χ0n) is 11.5. The molecule has 1 rings (SSSR count). The van der Waals surface area contributed by atoms with Crippen LogP contribution >= 0.6 is 11.8 Å². The standard InChI is InChI=1S/C14H21NO2S/c1-11(2)15(14(16)10-17-3)9-12-6-5-7-13(8-12)18-4/h5-8,11H,9-10H2,1-4H3. The number of benzene rings is 1. The monoisotopic (exact) mass is 267 g/mol. The third-order valence-electron chi connectivity index (χ3n) is 2.70. The fourth-order valence-corrected chi connectivity index (χ4v) is 2.22. The van der Waals surface area contributed by atoms with E-state index >= 15 is 0 Å². The number of carbonyl (C=O) groups excluding carboxylic acids is 1. The first-order chi connectivity index (χ1) is 8.58. The van der Waals surface area contributed by atoms with Crippen molar-refractivity contribution >= 4 is 17.7 Å². The second-order valence-electron chi connectivity index (χ2n) is 4.40. The molecular weight excluding hydrogens is 246 g/mol. The van der Waals surface area contributed by atoms with Crippen LogP contribution in [0, 0.1) is 0 Å². The van der Waals surface area contributed by atoms with Gasteiger partial charge in [0.2, 0.25) is 5.91 Å². The van der Waals surface area contributed by atoms with Crippen LogP contribution in [0.5, 0.6) is 0 Å². The third-order valence-corrected chi connectivity index (χ3v) is 3.42. The summed E-state index contributed by atoms with van der Waals surface area (Å²) in [6, 6.07) is 8.45. The van der Waals surface area contributed by atoms with Gasteiger partial charge in [-0.05, 0) is 37.8 Å².